The molecule has 1 fully saturated rings. The molecule has 0 aromatic heterocycles. The molecule has 0 radical (unpaired) electrons. The zero-order valence-electron chi connectivity index (χ0n) is 7.79. The van der Waals surface area contributed by atoms with Crippen LogP contribution in [-0.2, 0) is 4.74 Å². The van der Waals surface area contributed by atoms with Crippen molar-refractivity contribution in [3.8, 4) is 0 Å². The van der Waals surface area contributed by atoms with E-state index in [1.165, 1.54) is 25.7 Å². The van der Waals surface area contributed by atoms with Crippen LogP contribution in [0.2, 0.25) is 0 Å². The van der Waals surface area contributed by atoms with Crippen LogP contribution in [0.4, 0.5) is 0 Å². The zero-order valence-corrected chi connectivity index (χ0v) is 8.61. The first-order chi connectivity index (χ1) is 5.84. The van der Waals surface area contributed by atoms with E-state index in [2.05, 4.69) is 0 Å². The van der Waals surface area contributed by atoms with Crippen LogP contribution in [0, 0.1) is 0 Å². The molecule has 1 aliphatic rings. The van der Waals surface area contributed by atoms with E-state index in [4.69, 9.17) is 10.5 Å². The van der Waals surface area contributed by atoms with Gasteiger partial charge in [0.25, 0.3) is 0 Å². The summed E-state index contributed by atoms with van der Waals surface area (Å²) in [5.74, 6) is 1.09. The molecule has 0 bridgehead atoms. The number of thioether (sulfide) groups is 1. The minimum absolute atomic E-state index is 0.431. The van der Waals surface area contributed by atoms with E-state index in [-0.39, 0.29) is 0 Å². The first-order valence-corrected chi connectivity index (χ1v) is 5.75. The average molecular weight is 189 g/mol. The second-order valence-corrected chi connectivity index (χ2v) is 4.70. The minimum Gasteiger partial charge on any atom is -0.384 e. The maximum Gasteiger partial charge on any atom is 0.0553 e. The SMILES string of the molecule is COCCSC1CCCCC1N. The van der Waals surface area contributed by atoms with E-state index in [1.807, 2.05) is 11.8 Å². The molecule has 2 atom stereocenters. The summed E-state index contributed by atoms with van der Waals surface area (Å²) in [6, 6.07) is 0.431. The van der Waals surface area contributed by atoms with Crippen molar-refractivity contribution in [1.29, 1.82) is 0 Å². The van der Waals surface area contributed by atoms with E-state index in [9.17, 15) is 0 Å². The lowest BCUT2D eigenvalue weighted by Gasteiger charge is -2.27. The van der Waals surface area contributed by atoms with Crippen molar-refractivity contribution < 1.29 is 4.74 Å². The van der Waals surface area contributed by atoms with Crippen molar-refractivity contribution in [2.45, 2.75) is 37.0 Å². The van der Waals surface area contributed by atoms with Gasteiger partial charge in [-0.1, -0.05) is 12.8 Å². The molecule has 0 heterocycles. The number of hydrogen-bond acceptors (Lipinski definition) is 3. The van der Waals surface area contributed by atoms with Crippen LogP contribution in [0.15, 0.2) is 0 Å². The number of hydrogen-bond donors (Lipinski definition) is 1. The van der Waals surface area contributed by atoms with Crippen molar-refractivity contribution >= 4 is 11.8 Å². The van der Waals surface area contributed by atoms with Crippen molar-refractivity contribution in [3.63, 3.8) is 0 Å². The van der Waals surface area contributed by atoms with E-state index < -0.39 is 0 Å². The Bertz CT molecular complexity index is 121. The predicted octanol–water partition coefficient (Wildman–Crippen LogP) is 1.64. The first kappa shape index (κ1) is 10.4. The predicted molar refractivity (Wildman–Crippen MR) is 54.6 cm³/mol. The van der Waals surface area contributed by atoms with E-state index in [1.54, 1.807) is 7.11 Å². The fourth-order valence-corrected chi connectivity index (χ4v) is 2.90. The van der Waals surface area contributed by atoms with Crippen molar-refractivity contribution in [1.82, 2.24) is 0 Å². The average Bonchev–Trinajstić information content (AvgIpc) is 2.09. The van der Waals surface area contributed by atoms with Gasteiger partial charge in [-0.15, -0.1) is 0 Å². The van der Waals surface area contributed by atoms with Gasteiger partial charge in [0.05, 0.1) is 6.61 Å². The molecule has 1 saturated carbocycles. The van der Waals surface area contributed by atoms with Crippen molar-refractivity contribution in [2.75, 3.05) is 19.5 Å². The molecule has 72 valence electrons. The molecule has 1 aliphatic carbocycles. The van der Waals surface area contributed by atoms with Crippen molar-refractivity contribution in [2.24, 2.45) is 5.73 Å². The van der Waals surface area contributed by atoms with Gasteiger partial charge < -0.3 is 10.5 Å². The van der Waals surface area contributed by atoms with Crippen LogP contribution in [0.5, 0.6) is 0 Å². The molecule has 2 nitrogen and oxygen atoms in total. The first-order valence-electron chi connectivity index (χ1n) is 4.70. The molecule has 2 N–H and O–H groups in total. The molecule has 1 rings (SSSR count). The Balaban J connectivity index is 2.11. The second kappa shape index (κ2) is 5.84. The van der Waals surface area contributed by atoms with Gasteiger partial charge in [0.2, 0.25) is 0 Å². The van der Waals surface area contributed by atoms with Gasteiger partial charge in [0.1, 0.15) is 0 Å². The van der Waals surface area contributed by atoms with Crippen LogP contribution in [0.25, 0.3) is 0 Å². The Morgan fingerprint density at radius 3 is 2.83 bits per heavy atom. The Morgan fingerprint density at radius 2 is 2.17 bits per heavy atom. The summed E-state index contributed by atoms with van der Waals surface area (Å²) >= 11 is 1.98. The molecule has 0 spiro atoms. The molecule has 0 aromatic rings. The second-order valence-electron chi connectivity index (χ2n) is 3.35. The van der Waals surface area contributed by atoms with Crippen molar-refractivity contribution in [3.05, 3.63) is 0 Å². The zero-order chi connectivity index (χ0) is 8.81. The molecule has 0 amide bonds. The normalized spacial score (nSPS) is 30.5. The Hall–Kier alpha value is 0.270. The molecular formula is C9H19NOS. The highest BCUT2D eigenvalue weighted by atomic mass is 32.2. The fourth-order valence-electron chi connectivity index (χ4n) is 1.62. The maximum atomic E-state index is 6.00. The fraction of sp³-hybridized carbons (Fsp3) is 1.00. The van der Waals surface area contributed by atoms with Gasteiger partial charge in [-0.3, -0.25) is 0 Å². The summed E-state index contributed by atoms with van der Waals surface area (Å²) in [5.41, 5.74) is 6.00. The van der Waals surface area contributed by atoms with Gasteiger partial charge in [0.15, 0.2) is 0 Å². The van der Waals surface area contributed by atoms with Gasteiger partial charge in [0, 0.05) is 24.2 Å². The molecule has 0 aliphatic heterocycles. The lowest BCUT2D eigenvalue weighted by Crippen LogP contribution is -2.35. The summed E-state index contributed by atoms with van der Waals surface area (Å²) < 4.78 is 5.01. The Kier molecular flexibility index (Phi) is 5.04. The summed E-state index contributed by atoms with van der Waals surface area (Å²) in [6.45, 7) is 0.855. The Morgan fingerprint density at radius 1 is 1.42 bits per heavy atom. The molecule has 12 heavy (non-hydrogen) atoms. The standard InChI is InChI=1S/C9H19NOS/c1-11-6-7-12-9-5-3-2-4-8(9)10/h8-9H,2-7,10H2,1H3. The number of nitrogens with two attached hydrogens (primary N) is 1. The highest BCUT2D eigenvalue weighted by molar-refractivity contribution is 7.99. The summed E-state index contributed by atoms with van der Waals surface area (Å²) in [7, 11) is 1.75. The third-order valence-electron chi connectivity index (χ3n) is 2.37. The topological polar surface area (TPSA) is 35.2 Å². The minimum atomic E-state index is 0.431. The Labute approximate surface area is 79.2 Å². The number of rotatable bonds is 4. The molecule has 2 unspecified atom stereocenters. The quantitative estimate of drug-likeness (QED) is 0.683. The third kappa shape index (κ3) is 3.33. The molecule has 0 aromatic carbocycles. The maximum absolute atomic E-state index is 6.00. The number of ether oxygens (including phenoxy) is 1. The van der Waals surface area contributed by atoms with Crippen LogP contribution in [0.3, 0.4) is 0 Å². The van der Waals surface area contributed by atoms with Gasteiger partial charge >= 0.3 is 0 Å². The highest BCUT2D eigenvalue weighted by Crippen LogP contribution is 2.27. The van der Waals surface area contributed by atoms with E-state index in [0.717, 1.165) is 12.4 Å². The van der Waals surface area contributed by atoms with Gasteiger partial charge in [-0.05, 0) is 12.8 Å². The van der Waals surface area contributed by atoms with E-state index >= 15 is 0 Å². The summed E-state index contributed by atoms with van der Waals surface area (Å²) in [6.07, 6.45) is 5.20. The summed E-state index contributed by atoms with van der Waals surface area (Å²) in [5, 5.41) is 0.689. The number of methoxy groups -OCH3 is 1. The smallest absolute Gasteiger partial charge is 0.0553 e. The third-order valence-corrected chi connectivity index (χ3v) is 3.79. The lowest BCUT2D eigenvalue weighted by atomic mass is 9.96. The molecule has 3 heteroatoms. The van der Waals surface area contributed by atoms with Gasteiger partial charge in [-0.25, -0.2) is 0 Å². The largest absolute Gasteiger partial charge is 0.384 e. The van der Waals surface area contributed by atoms with Crippen LogP contribution in [-0.4, -0.2) is 30.8 Å². The molecular weight excluding hydrogens is 170 g/mol. The van der Waals surface area contributed by atoms with Crippen LogP contribution in [0.1, 0.15) is 25.7 Å². The van der Waals surface area contributed by atoms with Crippen LogP contribution >= 0.6 is 11.8 Å². The monoisotopic (exact) mass is 189 g/mol. The van der Waals surface area contributed by atoms with Gasteiger partial charge in [-0.2, -0.15) is 11.8 Å². The summed E-state index contributed by atoms with van der Waals surface area (Å²) in [4.78, 5) is 0. The van der Waals surface area contributed by atoms with Crippen LogP contribution < -0.4 is 5.73 Å². The highest BCUT2D eigenvalue weighted by Gasteiger charge is 2.21. The lowest BCUT2D eigenvalue weighted by molar-refractivity contribution is 0.218. The van der Waals surface area contributed by atoms with E-state index in [0.29, 0.717) is 11.3 Å². The molecule has 0 saturated heterocycles.